The number of fused-ring (bicyclic) bond motifs is 3. The Morgan fingerprint density at radius 2 is 1.52 bits per heavy atom. The van der Waals surface area contributed by atoms with E-state index in [9.17, 15) is 0 Å². The van der Waals surface area contributed by atoms with Gasteiger partial charge in [-0.05, 0) is 83.2 Å². The largest absolute Gasteiger partial charge is 0.397 e. The highest BCUT2D eigenvalue weighted by atomic mass is 14.9. The first-order valence-electron chi connectivity index (χ1n) is 16.9. The number of nitrogens with one attached hydrogen (secondary N) is 1. The molecule has 8 rings (SSSR count). The molecule has 1 aliphatic heterocycles. The minimum atomic E-state index is 0.0499. The van der Waals surface area contributed by atoms with Crippen LogP contribution in [0.2, 0.25) is 0 Å². The number of nitrogens with two attached hydrogens (primary N) is 2. The highest BCUT2D eigenvalue weighted by Crippen LogP contribution is 2.32. The van der Waals surface area contributed by atoms with Gasteiger partial charge >= 0.3 is 0 Å². The van der Waals surface area contributed by atoms with Crippen LogP contribution in [0.15, 0.2) is 145 Å². The summed E-state index contributed by atoms with van der Waals surface area (Å²) in [4.78, 5) is 9.90. The van der Waals surface area contributed by atoms with E-state index in [4.69, 9.17) is 21.4 Å². The molecule has 4 aromatic carbocycles. The Morgan fingerprint density at radius 1 is 0.760 bits per heavy atom. The van der Waals surface area contributed by atoms with Crippen molar-refractivity contribution in [3.8, 4) is 11.3 Å². The molecule has 5 nitrogen and oxygen atoms in total. The molecule has 50 heavy (non-hydrogen) atoms. The van der Waals surface area contributed by atoms with Crippen molar-refractivity contribution >= 4 is 56.6 Å². The van der Waals surface area contributed by atoms with E-state index in [1.165, 1.54) is 16.7 Å². The molecule has 1 unspecified atom stereocenters. The van der Waals surface area contributed by atoms with Gasteiger partial charge in [0.15, 0.2) is 0 Å². The molecular formula is C45H37N5. The van der Waals surface area contributed by atoms with Gasteiger partial charge in [-0.3, -0.25) is 0 Å². The van der Waals surface area contributed by atoms with Crippen molar-refractivity contribution in [1.82, 2.24) is 15.3 Å². The van der Waals surface area contributed by atoms with E-state index in [1.54, 1.807) is 0 Å². The number of benzene rings is 4. The van der Waals surface area contributed by atoms with Gasteiger partial charge in [0.25, 0.3) is 0 Å². The number of allylic oxidation sites excluding steroid dienone is 5. The van der Waals surface area contributed by atoms with Crippen molar-refractivity contribution in [3.05, 3.63) is 179 Å². The lowest BCUT2D eigenvalue weighted by Crippen LogP contribution is -2.30. The second-order valence-electron chi connectivity index (χ2n) is 12.8. The van der Waals surface area contributed by atoms with E-state index >= 15 is 0 Å². The summed E-state index contributed by atoms with van der Waals surface area (Å²) in [5.41, 5.74) is 27.7. The highest BCUT2D eigenvalue weighted by molar-refractivity contribution is 5.95. The average Bonchev–Trinajstić information content (AvgIpc) is 3.16. The van der Waals surface area contributed by atoms with Crippen molar-refractivity contribution < 1.29 is 0 Å². The average molecular weight is 648 g/mol. The number of rotatable bonds is 6. The van der Waals surface area contributed by atoms with Crippen LogP contribution < -0.4 is 16.8 Å². The van der Waals surface area contributed by atoms with Gasteiger partial charge in [-0.25, -0.2) is 9.97 Å². The van der Waals surface area contributed by atoms with E-state index in [0.29, 0.717) is 11.4 Å². The quantitative estimate of drug-likeness (QED) is 0.157. The molecule has 0 radical (unpaired) electrons. The zero-order valence-corrected chi connectivity index (χ0v) is 28.1. The van der Waals surface area contributed by atoms with Gasteiger partial charge in [-0.1, -0.05) is 121 Å². The zero-order valence-electron chi connectivity index (χ0n) is 28.1. The van der Waals surface area contributed by atoms with Crippen molar-refractivity contribution in [2.24, 2.45) is 5.73 Å². The lowest BCUT2D eigenvalue weighted by Gasteiger charge is -2.27. The fraction of sp³-hybridized carbons (Fsp3) is 0.0667. The Hall–Kier alpha value is -6.46. The Bertz CT molecular complexity index is 2490. The number of aromatic nitrogens is 2. The number of dihydropyridines is 1. The smallest absolute Gasteiger partial charge is 0.0944 e. The van der Waals surface area contributed by atoms with Crippen molar-refractivity contribution in [2.45, 2.75) is 19.9 Å². The molecule has 0 amide bonds. The maximum atomic E-state index is 6.52. The third-order valence-electron chi connectivity index (χ3n) is 9.51. The van der Waals surface area contributed by atoms with Gasteiger partial charge in [-0.15, -0.1) is 0 Å². The predicted molar refractivity (Wildman–Crippen MR) is 211 cm³/mol. The maximum absolute atomic E-state index is 6.52. The molecule has 2 aromatic heterocycles. The van der Waals surface area contributed by atoms with E-state index < -0.39 is 0 Å². The van der Waals surface area contributed by atoms with Crippen molar-refractivity contribution in [1.29, 1.82) is 0 Å². The normalized spacial score (nSPS) is 15.8. The monoisotopic (exact) mass is 647 g/mol. The zero-order chi connectivity index (χ0) is 34.2. The van der Waals surface area contributed by atoms with Gasteiger partial charge in [-0.2, -0.15) is 0 Å². The van der Waals surface area contributed by atoms with Crippen LogP contribution >= 0.6 is 0 Å². The SMILES string of the molecule is C/C=C\c1ccc2ccc(-c3ccc(C4=CC5NC(c6ccc7ccc(/C(N)=C/c8ccccc8C)nc7c6)=CC=C5C=C4)cc3)nc2c1N. The summed E-state index contributed by atoms with van der Waals surface area (Å²) < 4.78 is 0. The number of nitrogens with zero attached hydrogens (tertiary/aromatic N) is 2. The summed E-state index contributed by atoms with van der Waals surface area (Å²) in [6, 6.07) is 35.6. The summed E-state index contributed by atoms with van der Waals surface area (Å²) >= 11 is 0. The highest BCUT2D eigenvalue weighted by Gasteiger charge is 2.20. The maximum Gasteiger partial charge on any atom is 0.0944 e. The third-order valence-corrected chi connectivity index (χ3v) is 9.51. The Morgan fingerprint density at radius 3 is 2.36 bits per heavy atom. The van der Waals surface area contributed by atoms with E-state index in [-0.39, 0.29) is 6.04 Å². The number of hydrogen-bond acceptors (Lipinski definition) is 5. The molecule has 0 saturated carbocycles. The van der Waals surface area contributed by atoms with Gasteiger partial charge < -0.3 is 16.8 Å². The number of nitrogen functional groups attached to an aromatic ring is 1. The number of hydrogen-bond donors (Lipinski definition) is 3. The molecule has 242 valence electrons. The molecule has 5 N–H and O–H groups in total. The molecule has 3 heterocycles. The number of aryl methyl sites for hydroxylation is 1. The molecule has 6 aromatic rings. The van der Waals surface area contributed by atoms with Crippen LogP contribution in [0.25, 0.3) is 62.2 Å². The van der Waals surface area contributed by atoms with E-state index in [0.717, 1.165) is 66.7 Å². The molecule has 0 spiro atoms. The van der Waals surface area contributed by atoms with Crippen LogP contribution in [-0.2, 0) is 0 Å². The molecule has 1 aliphatic carbocycles. The standard InChI is InChI=1S/C45H37N5/c1-3-6-33-15-16-34-21-23-39(50-45(34)44(33)47)30-11-9-29(10-12-30)36-17-13-31-19-22-40(48-42(31)26-36)37-18-14-32-20-24-41(49-43(32)27-37)38(46)25-35-8-5-4-7-28(35)2/h3-27,42,48H,46-47H2,1-2H3/b6-3-,38-25-. The molecule has 0 fully saturated rings. The lowest BCUT2D eigenvalue weighted by molar-refractivity contribution is 0.815. The van der Waals surface area contributed by atoms with Gasteiger partial charge in [0, 0.05) is 22.0 Å². The number of pyridine rings is 2. The van der Waals surface area contributed by atoms with Gasteiger partial charge in [0.1, 0.15) is 0 Å². The minimum absolute atomic E-state index is 0.0499. The summed E-state index contributed by atoms with van der Waals surface area (Å²) in [6.07, 6.45) is 17.0. The predicted octanol–water partition coefficient (Wildman–Crippen LogP) is 9.72. The Kier molecular flexibility index (Phi) is 7.94. The summed E-state index contributed by atoms with van der Waals surface area (Å²) in [6.45, 7) is 4.08. The Labute approximate surface area is 292 Å². The first kappa shape index (κ1) is 30.8. The fourth-order valence-electron chi connectivity index (χ4n) is 6.65. The van der Waals surface area contributed by atoms with Crippen LogP contribution in [0.1, 0.15) is 40.4 Å². The molecule has 2 aliphatic rings. The van der Waals surface area contributed by atoms with Gasteiger partial charge in [0.05, 0.1) is 39.8 Å². The third kappa shape index (κ3) is 5.90. The molecule has 5 heteroatoms. The van der Waals surface area contributed by atoms with Crippen LogP contribution in [0.4, 0.5) is 5.69 Å². The molecular weight excluding hydrogens is 611 g/mol. The summed E-state index contributed by atoms with van der Waals surface area (Å²) in [7, 11) is 0. The van der Waals surface area contributed by atoms with E-state index in [2.05, 4.69) is 121 Å². The van der Waals surface area contributed by atoms with Crippen LogP contribution in [-0.4, -0.2) is 16.0 Å². The second-order valence-corrected chi connectivity index (χ2v) is 12.8. The lowest BCUT2D eigenvalue weighted by atomic mass is 9.90. The number of anilines is 1. The fourth-order valence-corrected chi connectivity index (χ4v) is 6.65. The van der Waals surface area contributed by atoms with Crippen molar-refractivity contribution in [3.63, 3.8) is 0 Å². The van der Waals surface area contributed by atoms with Crippen LogP contribution in [0.3, 0.4) is 0 Å². The topological polar surface area (TPSA) is 89.8 Å². The summed E-state index contributed by atoms with van der Waals surface area (Å²) in [5.74, 6) is 0. The van der Waals surface area contributed by atoms with Crippen molar-refractivity contribution in [2.75, 3.05) is 5.73 Å². The van der Waals surface area contributed by atoms with Gasteiger partial charge in [0.2, 0.25) is 0 Å². The molecule has 1 atom stereocenters. The minimum Gasteiger partial charge on any atom is -0.397 e. The first-order chi connectivity index (χ1) is 24.4. The molecule has 0 saturated heterocycles. The summed E-state index contributed by atoms with van der Waals surface area (Å²) in [5, 5.41) is 5.86. The van der Waals surface area contributed by atoms with Crippen LogP contribution in [0.5, 0.6) is 0 Å². The van der Waals surface area contributed by atoms with E-state index in [1.807, 2.05) is 49.4 Å². The first-order valence-corrected chi connectivity index (χ1v) is 16.9. The van der Waals surface area contributed by atoms with Crippen LogP contribution in [0, 0.1) is 6.92 Å². The Balaban J connectivity index is 1.02. The molecule has 0 bridgehead atoms. The second kappa shape index (κ2) is 12.9.